The highest BCUT2D eigenvalue weighted by molar-refractivity contribution is 6.30. The highest BCUT2D eigenvalue weighted by Crippen LogP contribution is 2.25. The van der Waals surface area contributed by atoms with Crippen molar-refractivity contribution in [2.45, 2.75) is 13.8 Å². The van der Waals surface area contributed by atoms with Crippen molar-refractivity contribution in [3.63, 3.8) is 0 Å². The quantitative estimate of drug-likeness (QED) is 0.389. The molecule has 140 valence electrons. The fraction of sp³-hybridized carbons (Fsp3) is 0.125. The molecule has 0 saturated heterocycles. The standard InChI is InChI=1S/C24H20ClNO2/c1-3-27-20-11-9-19(10-12-20)26-22-15-24(17-5-7-18(25)8-6-17)28-23-13-4-16(2)14-21(22)23/h4-15H,3H2,1-2H3. The molecule has 3 nitrogen and oxygen atoms in total. The van der Waals surface area contributed by atoms with Crippen molar-refractivity contribution in [3.8, 4) is 17.1 Å². The molecule has 0 radical (unpaired) electrons. The molecule has 0 aliphatic rings. The van der Waals surface area contributed by atoms with Crippen LogP contribution in [0.3, 0.4) is 0 Å². The fourth-order valence-corrected chi connectivity index (χ4v) is 3.18. The van der Waals surface area contributed by atoms with Gasteiger partial charge >= 0.3 is 0 Å². The van der Waals surface area contributed by atoms with Gasteiger partial charge in [-0.25, -0.2) is 4.99 Å². The summed E-state index contributed by atoms with van der Waals surface area (Å²) in [5, 5.41) is 2.53. The minimum absolute atomic E-state index is 0.644. The SMILES string of the molecule is CCOc1ccc(N=c2cc(-c3ccc(Cl)cc3)oc3ccc(C)cc23)cc1. The summed E-state index contributed by atoms with van der Waals surface area (Å²) in [5.41, 5.74) is 3.77. The molecule has 0 unspecified atom stereocenters. The van der Waals surface area contributed by atoms with E-state index in [1.54, 1.807) is 0 Å². The zero-order chi connectivity index (χ0) is 19.5. The molecule has 28 heavy (non-hydrogen) atoms. The van der Waals surface area contributed by atoms with E-state index >= 15 is 0 Å². The largest absolute Gasteiger partial charge is 0.494 e. The summed E-state index contributed by atoms with van der Waals surface area (Å²) in [5.74, 6) is 1.59. The maximum absolute atomic E-state index is 6.15. The molecule has 1 aromatic heterocycles. The van der Waals surface area contributed by atoms with E-state index in [1.807, 2.05) is 73.7 Å². The predicted molar refractivity (Wildman–Crippen MR) is 114 cm³/mol. The maximum Gasteiger partial charge on any atom is 0.136 e. The van der Waals surface area contributed by atoms with Gasteiger partial charge in [0.15, 0.2) is 0 Å². The van der Waals surface area contributed by atoms with Crippen LogP contribution in [0.25, 0.3) is 22.3 Å². The van der Waals surface area contributed by atoms with Gasteiger partial charge in [-0.2, -0.15) is 0 Å². The summed E-state index contributed by atoms with van der Waals surface area (Å²) < 4.78 is 11.7. The van der Waals surface area contributed by atoms with Gasteiger partial charge in [-0.15, -0.1) is 0 Å². The second-order valence-corrected chi connectivity index (χ2v) is 6.98. The summed E-state index contributed by atoms with van der Waals surface area (Å²) >= 11 is 6.03. The summed E-state index contributed by atoms with van der Waals surface area (Å²) in [4.78, 5) is 4.87. The molecule has 0 aliphatic carbocycles. The molecule has 0 bridgehead atoms. The Bertz CT molecular complexity index is 1180. The molecule has 0 aliphatic heterocycles. The molecule has 4 heteroatoms. The van der Waals surface area contributed by atoms with E-state index < -0.39 is 0 Å². The number of halogens is 1. The van der Waals surface area contributed by atoms with E-state index in [-0.39, 0.29) is 0 Å². The highest BCUT2D eigenvalue weighted by Gasteiger charge is 2.07. The van der Waals surface area contributed by atoms with E-state index in [9.17, 15) is 0 Å². The maximum atomic E-state index is 6.15. The van der Waals surface area contributed by atoms with Gasteiger partial charge in [-0.1, -0.05) is 23.2 Å². The fourth-order valence-electron chi connectivity index (χ4n) is 3.05. The lowest BCUT2D eigenvalue weighted by Gasteiger charge is -2.07. The van der Waals surface area contributed by atoms with Crippen molar-refractivity contribution in [1.82, 2.24) is 0 Å². The molecule has 0 atom stereocenters. The van der Waals surface area contributed by atoms with Crippen molar-refractivity contribution in [3.05, 3.63) is 88.7 Å². The molecule has 1 heterocycles. The molecule has 3 aromatic carbocycles. The molecule has 0 spiro atoms. The predicted octanol–water partition coefficient (Wildman–Crippen LogP) is 6.69. The van der Waals surface area contributed by atoms with Gasteiger partial charge < -0.3 is 9.15 Å². The third-order valence-electron chi connectivity index (χ3n) is 4.42. The zero-order valence-electron chi connectivity index (χ0n) is 15.8. The average molecular weight is 390 g/mol. The molecule has 0 saturated carbocycles. The normalized spacial score (nSPS) is 11.8. The first kappa shape index (κ1) is 18.3. The third kappa shape index (κ3) is 3.95. The number of aryl methyl sites for hydroxylation is 1. The van der Waals surface area contributed by atoms with Crippen molar-refractivity contribution in [2.75, 3.05) is 6.61 Å². The van der Waals surface area contributed by atoms with Crippen LogP contribution in [0.1, 0.15) is 12.5 Å². The van der Waals surface area contributed by atoms with E-state index in [0.717, 1.165) is 44.7 Å². The van der Waals surface area contributed by atoms with Gasteiger partial charge in [0.1, 0.15) is 17.1 Å². The van der Waals surface area contributed by atoms with Crippen LogP contribution in [-0.2, 0) is 0 Å². The molecule has 0 amide bonds. The second kappa shape index (κ2) is 7.91. The number of nitrogens with zero attached hydrogens (tertiary/aromatic N) is 1. The summed E-state index contributed by atoms with van der Waals surface area (Å²) in [6.07, 6.45) is 0. The molecule has 0 N–H and O–H groups in total. The van der Waals surface area contributed by atoms with Crippen LogP contribution in [0.15, 0.2) is 82.2 Å². The smallest absolute Gasteiger partial charge is 0.136 e. The van der Waals surface area contributed by atoms with Gasteiger partial charge in [0, 0.05) is 22.0 Å². The first-order chi connectivity index (χ1) is 13.6. The number of fused-ring (bicyclic) bond motifs is 1. The van der Waals surface area contributed by atoms with Crippen molar-refractivity contribution in [2.24, 2.45) is 4.99 Å². The van der Waals surface area contributed by atoms with Gasteiger partial charge in [0.05, 0.1) is 17.7 Å². The van der Waals surface area contributed by atoms with Gasteiger partial charge in [0.2, 0.25) is 0 Å². The van der Waals surface area contributed by atoms with Crippen LogP contribution in [0, 0.1) is 6.92 Å². The van der Waals surface area contributed by atoms with Crippen molar-refractivity contribution >= 4 is 28.3 Å². The lowest BCUT2D eigenvalue weighted by molar-refractivity contribution is 0.340. The van der Waals surface area contributed by atoms with Crippen LogP contribution < -0.4 is 10.1 Å². The lowest BCUT2D eigenvalue weighted by Crippen LogP contribution is -2.03. The number of ether oxygens (including phenoxy) is 1. The van der Waals surface area contributed by atoms with Crippen molar-refractivity contribution in [1.29, 1.82) is 0 Å². The topological polar surface area (TPSA) is 34.7 Å². The Balaban J connectivity index is 1.89. The Morgan fingerprint density at radius 2 is 1.68 bits per heavy atom. The Labute approximate surface area is 168 Å². The van der Waals surface area contributed by atoms with Crippen LogP contribution in [0.2, 0.25) is 5.02 Å². The number of hydrogen-bond donors (Lipinski definition) is 0. The Morgan fingerprint density at radius 3 is 2.39 bits per heavy atom. The Morgan fingerprint density at radius 1 is 0.929 bits per heavy atom. The summed E-state index contributed by atoms with van der Waals surface area (Å²) in [7, 11) is 0. The number of benzene rings is 3. The molecule has 4 aromatic rings. The van der Waals surface area contributed by atoms with Crippen molar-refractivity contribution < 1.29 is 9.15 Å². The van der Waals surface area contributed by atoms with Crippen LogP contribution in [0.4, 0.5) is 5.69 Å². The lowest BCUT2D eigenvalue weighted by atomic mass is 10.1. The van der Waals surface area contributed by atoms with Gasteiger partial charge in [-0.05, 0) is 74.5 Å². The number of hydrogen-bond acceptors (Lipinski definition) is 3. The van der Waals surface area contributed by atoms with Gasteiger partial charge in [-0.3, -0.25) is 0 Å². The Hall–Kier alpha value is -3.04. The van der Waals surface area contributed by atoms with Gasteiger partial charge in [0.25, 0.3) is 0 Å². The van der Waals surface area contributed by atoms with E-state index in [2.05, 4.69) is 13.0 Å². The monoisotopic (exact) mass is 389 g/mol. The van der Waals surface area contributed by atoms with E-state index in [4.69, 9.17) is 25.7 Å². The minimum atomic E-state index is 0.644. The highest BCUT2D eigenvalue weighted by atomic mass is 35.5. The molecular weight excluding hydrogens is 370 g/mol. The first-order valence-electron chi connectivity index (χ1n) is 9.20. The number of rotatable bonds is 4. The molecular formula is C24H20ClNO2. The van der Waals surface area contributed by atoms with E-state index in [1.165, 1.54) is 0 Å². The van der Waals surface area contributed by atoms with E-state index in [0.29, 0.717) is 11.6 Å². The van der Waals surface area contributed by atoms with Crippen LogP contribution >= 0.6 is 11.6 Å². The Kier molecular flexibility index (Phi) is 5.18. The third-order valence-corrected chi connectivity index (χ3v) is 4.68. The van der Waals surface area contributed by atoms with Crippen LogP contribution in [0.5, 0.6) is 5.75 Å². The second-order valence-electron chi connectivity index (χ2n) is 6.54. The zero-order valence-corrected chi connectivity index (χ0v) is 16.5. The average Bonchev–Trinajstić information content (AvgIpc) is 2.70. The summed E-state index contributed by atoms with van der Waals surface area (Å²) in [6.45, 7) is 4.68. The molecule has 4 rings (SSSR count). The first-order valence-corrected chi connectivity index (χ1v) is 9.58. The molecule has 0 fully saturated rings. The minimum Gasteiger partial charge on any atom is -0.494 e. The van der Waals surface area contributed by atoms with Crippen LogP contribution in [-0.4, -0.2) is 6.61 Å². The summed E-state index contributed by atoms with van der Waals surface area (Å²) in [6, 6.07) is 23.5.